The van der Waals surface area contributed by atoms with Crippen LogP contribution in [0.1, 0.15) is 5.56 Å². The van der Waals surface area contributed by atoms with Crippen molar-refractivity contribution >= 4 is 16.6 Å². The molecular weight excluding hydrogens is 251 g/mol. The van der Waals surface area contributed by atoms with Crippen molar-refractivity contribution in [2.75, 3.05) is 11.9 Å². The second-order valence-corrected chi connectivity index (χ2v) is 4.68. The van der Waals surface area contributed by atoms with Crippen LogP contribution in [0.4, 0.5) is 10.1 Å². The first-order valence-electron chi connectivity index (χ1n) is 6.65. The Hall–Kier alpha value is -2.42. The monoisotopic (exact) mass is 266 g/mol. The Bertz CT molecular complexity index is 711. The Morgan fingerprint density at radius 1 is 1.00 bits per heavy atom. The average molecular weight is 266 g/mol. The van der Waals surface area contributed by atoms with E-state index in [1.165, 1.54) is 17.7 Å². The molecule has 0 aliphatic rings. The number of hydrogen-bond acceptors (Lipinski definition) is 2. The molecule has 100 valence electrons. The third kappa shape index (κ3) is 2.77. The number of nitrogens with zero attached hydrogens (tertiary/aromatic N) is 1. The molecule has 0 saturated carbocycles. The molecule has 0 radical (unpaired) electrons. The molecule has 3 aromatic rings. The van der Waals surface area contributed by atoms with Crippen molar-refractivity contribution in [2.45, 2.75) is 6.42 Å². The zero-order chi connectivity index (χ0) is 13.8. The smallest absolute Gasteiger partial charge is 0.124 e. The number of halogens is 1. The molecular formula is C17H15FN2. The van der Waals surface area contributed by atoms with E-state index in [0.29, 0.717) is 0 Å². The van der Waals surface area contributed by atoms with Gasteiger partial charge in [0.25, 0.3) is 0 Å². The molecule has 0 aliphatic carbocycles. The van der Waals surface area contributed by atoms with Crippen LogP contribution in [0, 0.1) is 5.82 Å². The number of aromatic nitrogens is 1. The summed E-state index contributed by atoms with van der Waals surface area (Å²) in [7, 11) is 0. The SMILES string of the molecule is Fc1ccc2nccc(NCCc3ccccc3)c2c1. The molecule has 0 atom stereocenters. The molecule has 3 rings (SSSR count). The van der Waals surface area contributed by atoms with Gasteiger partial charge in [-0.1, -0.05) is 30.3 Å². The molecule has 0 spiro atoms. The van der Waals surface area contributed by atoms with Gasteiger partial charge in [0.05, 0.1) is 5.52 Å². The van der Waals surface area contributed by atoms with Gasteiger partial charge in [-0.2, -0.15) is 0 Å². The van der Waals surface area contributed by atoms with Crippen molar-refractivity contribution in [1.82, 2.24) is 4.98 Å². The van der Waals surface area contributed by atoms with Crippen molar-refractivity contribution in [2.24, 2.45) is 0 Å². The molecule has 2 nitrogen and oxygen atoms in total. The highest BCUT2D eigenvalue weighted by molar-refractivity contribution is 5.90. The topological polar surface area (TPSA) is 24.9 Å². The number of hydrogen-bond donors (Lipinski definition) is 1. The summed E-state index contributed by atoms with van der Waals surface area (Å²) in [5.41, 5.74) is 3.01. The summed E-state index contributed by atoms with van der Waals surface area (Å²) in [5.74, 6) is -0.239. The predicted octanol–water partition coefficient (Wildman–Crippen LogP) is 4.03. The Labute approximate surface area is 117 Å². The Kier molecular flexibility index (Phi) is 3.59. The van der Waals surface area contributed by atoms with Gasteiger partial charge in [0.2, 0.25) is 0 Å². The summed E-state index contributed by atoms with van der Waals surface area (Å²) in [6.45, 7) is 0.805. The fraction of sp³-hybridized carbons (Fsp3) is 0.118. The molecule has 1 N–H and O–H groups in total. The largest absolute Gasteiger partial charge is 0.384 e. The molecule has 1 heterocycles. The molecule has 0 bridgehead atoms. The number of nitrogens with one attached hydrogen (secondary N) is 1. The zero-order valence-electron chi connectivity index (χ0n) is 11.0. The van der Waals surface area contributed by atoms with Crippen LogP contribution in [0.15, 0.2) is 60.8 Å². The Balaban J connectivity index is 1.76. The fourth-order valence-corrected chi connectivity index (χ4v) is 2.26. The van der Waals surface area contributed by atoms with Gasteiger partial charge in [-0.15, -0.1) is 0 Å². The minimum absolute atomic E-state index is 0.239. The van der Waals surface area contributed by atoms with Crippen molar-refractivity contribution in [3.05, 3.63) is 72.2 Å². The summed E-state index contributed by atoms with van der Waals surface area (Å²) in [6.07, 6.45) is 2.67. The van der Waals surface area contributed by atoms with Crippen molar-refractivity contribution in [3.63, 3.8) is 0 Å². The predicted molar refractivity (Wildman–Crippen MR) is 80.3 cm³/mol. The number of fused-ring (bicyclic) bond motifs is 1. The minimum atomic E-state index is -0.239. The number of pyridine rings is 1. The van der Waals surface area contributed by atoms with E-state index in [-0.39, 0.29) is 5.82 Å². The first-order valence-corrected chi connectivity index (χ1v) is 6.65. The maximum absolute atomic E-state index is 13.3. The zero-order valence-corrected chi connectivity index (χ0v) is 11.0. The van der Waals surface area contributed by atoms with Crippen LogP contribution < -0.4 is 5.32 Å². The van der Waals surface area contributed by atoms with Gasteiger partial charge in [0.1, 0.15) is 5.82 Å². The van der Waals surface area contributed by atoms with Crippen LogP contribution in [-0.2, 0) is 6.42 Å². The highest BCUT2D eigenvalue weighted by atomic mass is 19.1. The summed E-state index contributed by atoms with van der Waals surface area (Å²) >= 11 is 0. The Morgan fingerprint density at radius 2 is 1.85 bits per heavy atom. The van der Waals surface area contributed by atoms with E-state index < -0.39 is 0 Å². The normalized spacial score (nSPS) is 10.7. The van der Waals surface area contributed by atoms with Gasteiger partial charge in [-0.05, 0) is 36.2 Å². The molecule has 0 aliphatic heterocycles. The summed E-state index contributed by atoms with van der Waals surface area (Å²) in [6, 6.07) is 16.8. The molecule has 20 heavy (non-hydrogen) atoms. The number of anilines is 1. The van der Waals surface area contributed by atoms with Crippen molar-refractivity contribution in [1.29, 1.82) is 0 Å². The molecule has 0 saturated heterocycles. The third-order valence-corrected chi connectivity index (χ3v) is 3.28. The van der Waals surface area contributed by atoms with E-state index in [0.717, 1.165) is 29.6 Å². The quantitative estimate of drug-likeness (QED) is 0.771. The van der Waals surface area contributed by atoms with Gasteiger partial charge < -0.3 is 5.32 Å². The lowest BCUT2D eigenvalue weighted by Crippen LogP contribution is -2.05. The lowest BCUT2D eigenvalue weighted by molar-refractivity contribution is 0.629. The van der Waals surface area contributed by atoms with Crippen LogP contribution in [0.3, 0.4) is 0 Å². The van der Waals surface area contributed by atoms with E-state index in [1.807, 2.05) is 24.3 Å². The maximum Gasteiger partial charge on any atom is 0.124 e. The van der Waals surface area contributed by atoms with E-state index in [1.54, 1.807) is 12.3 Å². The molecule has 3 heteroatoms. The molecule has 0 amide bonds. The van der Waals surface area contributed by atoms with E-state index in [4.69, 9.17) is 0 Å². The van der Waals surface area contributed by atoms with Gasteiger partial charge in [-0.25, -0.2) is 4.39 Å². The molecule has 1 aromatic heterocycles. The van der Waals surface area contributed by atoms with Gasteiger partial charge in [0.15, 0.2) is 0 Å². The number of benzene rings is 2. The summed E-state index contributed by atoms with van der Waals surface area (Å²) in [4.78, 5) is 4.24. The summed E-state index contributed by atoms with van der Waals surface area (Å²) < 4.78 is 13.3. The van der Waals surface area contributed by atoms with E-state index >= 15 is 0 Å². The van der Waals surface area contributed by atoms with Crippen molar-refractivity contribution in [3.8, 4) is 0 Å². The second-order valence-electron chi connectivity index (χ2n) is 4.68. The van der Waals surface area contributed by atoms with Crippen LogP contribution in [-0.4, -0.2) is 11.5 Å². The number of rotatable bonds is 4. The highest BCUT2D eigenvalue weighted by Gasteiger charge is 2.03. The minimum Gasteiger partial charge on any atom is -0.384 e. The fourth-order valence-electron chi connectivity index (χ4n) is 2.26. The van der Waals surface area contributed by atoms with Crippen molar-refractivity contribution < 1.29 is 4.39 Å². The van der Waals surface area contributed by atoms with Crippen LogP contribution in [0.5, 0.6) is 0 Å². The highest BCUT2D eigenvalue weighted by Crippen LogP contribution is 2.22. The maximum atomic E-state index is 13.3. The first kappa shape index (κ1) is 12.6. The Morgan fingerprint density at radius 3 is 2.70 bits per heavy atom. The van der Waals surface area contributed by atoms with Crippen LogP contribution in [0.25, 0.3) is 10.9 Å². The van der Waals surface area contributed by atoms with Gasteiger partial charge >= 0.3 is 0 Å². The lowest BCUT2D eigenvalue weighted by atomic mass is 10.1. The van der Waals surface area contributed by atoms with Gasteiger partial charge in [0, 0.05) is 23.8 Å². The van der Waals surface area contributed by atoms with Crippen LogP contribution in [0.2, 0.25) is 0 Å². The van der Waals surface area contributed by atoms with E-state index in [2.05, 4.69) is 22.4 Å². The molecule has 0 fully saturated rings. The van der Waals surface area contributed by atoms with Crippen LogP contribution >= 0.6 is 0 Å². The molecule has 2 aromatic carbocycles. The molecule has 0 unspecified atom stereocenters. The van der Waals surface area contributed by atoms with E-state index in [9.17, 15) is 4.39 Å². The summed E-state index contributed by atoms with van der Waals surface area (Å²) in [5, 5.41) is 4.18. The second kappa shape index (κ2) is 5.70. The third-order valence-electron chi connectivity index (χ3n) is 3.28. The average Bonchev–Trinajstić information content (AvgIpc) is 2.49. The lowest BCUT2D eigenvalue weighted by Gasteiger charge is -2.09. The van der Waals surface area contributed by atoms with Gasteiger partial charge in [-0.3, -0.25) is 4.98 Å². The first-order chi connectivity index (χ1) is 9.83. The standard InChI is InChI=1S/C17H15FN2/c18-14-6-7-16-15(12-14)17(9-11-20-16)19-10-8-13-4-2-1-3-5-13/h1-7,9,11-12H,8,10H2,(H,19,20).